The summed E-state index contributed by atoms with van der Waals surface area (Å²) in [5.41, 5.74) is 1.52. The molecule has 0 unspecified atom stereocenters. The number of carbonyl (C=O) groups is 3. The van der Waals surface area contributed by atoms with Gasteiger partial charge in [-0.05, 0) is 43.2 Å². The second kappa shape index (κ2) is 7.20. The first kappa shape index (κ1) is 18.6. The molecule has 0 heterocycles. The maximum Gasteiger partial charge on any atom is 0.317 e. The van der Waals surface area contributed by atoms with Crippen LogP contribution in [0.5, 0.6) is 11.5 Å². The summed E-state index contributed by atoms with van der Waals surface area (Å²) < 4.78 is 10.7. The van der Waals surface area contributed by atoms with Crippen molar-refractivity contribution in [3.8, 4) is 11.5 Å². The predicted molar refractivity (Wildman–Crippen MR) is 94.7 cm³/mol. The van der Waals surface area contributed by atoms with Crippen molar-refractivity contribution in [3.05, 3.63) is 59.7 Å². The van der Waals surface area contributed by atoms with E-state index >= 15 is 0 Å². The van der Waals surface area contributed by atoms with Crippen LogP contribution in [0.25, 0.3) is 0 Å². The van der Waals surface area contributed by atoms with E-state index in [-0.39, 0.29) is 12.2 Å². The lowest BCUT2D eigenvalue weighted by Crippen LogP contribution is -2.31. The van der Waals surface area contributed by atoms with Crippen molar-refractivity contribution in [1.29, 1.82) is 0 Å². The molecule has 2 N–H and O–H groups in total. The number of nitrogens with one attached hydrogen (secondary N) is 1. The number of esters is 1. The maximum absolute atomic E-state index is 12.4. The summed E-state index contributed by atoms with van der Waals surface area (Å²) in [6.07, 6.45) is 0.231. The Morgan fingerprint density at radius 1 is 1.11 bits per heavy atom. The zero-order chi connectivity index (χ0) is 19.6. The monoisotopic (exact) mass is 369 g/mol. The minimum absolute atomic E-state index is 0.0744. The average Bonchev–Trinajstić information content (AvgIpc) is 3.44. The molecule has 1 aliphatic rings. The van der Waals surface area contributed by atoms with Crippen molar-refractivity contribution < 1.29 is 29.1 Å². The van der Waals surface area contributed by atoms with Crippen LogP contribution in [-0.4, -0.2) is 30.0 Å². The number of hydroxylamine groups is 1. The fourth-order valence-corrected chi connectivity index (χ4v) is 3.25. The van der Waals surface area contributed by atoms with E-state index in [0.717, 1.165) is 0 Å². The molecule has 2 aromatic rings. The van der Waals surface area contributed by atoms with E-state index in [4.69, 9.17) is 14.7 Å². The number of carbonyl (C=O) groups excluding carboxylic acids is 3. The highest BCUT2D eigenvalue weighted by atomic mass is 16.5. The Kier molecular flexibility index (Phi) is 4.96. The highest BCUT2D eigenvalue weighted by Crippen LogP contribution is 2.55. The van der Waals surface area contributed by atoms with Crippen molar-refractivity contribution in [2.75, 3.05) is 7.11 Å². The predicted octanol–water partition coefficient (Wildman–Crippen LogP) is 2.62. The van der Waals surface area contributed by atoms with E-state index in [1.807, 2.05) is 0 Å². The Morgan fingerprint density at radius 3 is 2.41 bits per heavy atom. The number of methoxy groups -OCH3 is 1. The van der Waals surface area contributed by atoms with Crippen LogP contribution in [0, 0.1) is 5.92 Å². The van der Waals surface area contributed by atoms with Crippen LogP contribution < -0.4 is 10.2 Å². The van der Waals surface area contributed by atoms with Crippen LogP contribution in [0.2, 0.25) is 0 Å². The number of hydrogen-bond donors (Lipinski definition) is 2. The lowest BCUT2D eigenvalue weighted by Gasteiger charge is -2.16. The van der Waals surface area contributed by atoms with Crippen molar-refractivity contribution in [1.82, 2.24) is 5.48 Å². The van der Waals surface area contributed by atoms with Gasteiger partial charge in [0.15, 0.2) is 5.78 Å². The third-order valence-electron chi connectivity index (χ3n) is 4.76. The van der Waals surface area contributed by atoms with Gasteiger partial charge in [0.2, 0.25) is 5.91 Å². The topological polar surface area (TPSA) is 102 Å². The van der Waals surface area contributed by atoms with Crippen molar-refractivity contribution in [2.24, 2.45) is 5.92 Å². The first-order chi connectivity index (χ1) is 12.9. The Balaban J connectivity index is 1.91. The summed E-state index contributed by atoms with van der Waals surface area (Å²) in [5.74, 6) is -1.05. The van der Waals surface area contributed by atoms with Crippen LogP contribution in [-0.2, 0) is 19.7 Å². The van der Waals surface area contributed by atoms with Crippen LogP contribution in [0.15, 0.2) is 48.5 Å². The normalized spacial score (nSPS) is 20.5. The summed E-state index contributed by atoms with van der Waals surface area (Å²) in [7, 11) is 1.25. The molecule has 27 heavy (non-hydrogen) atoms. The van der Waals surface area contributed by atoms with Gasteiger partial charge in [-0.25, -0.2) is 5.48 Å². The molecule has 1 saturated carbocycles. The zero-order valence-electron chi connectivity index (χ0n) is 14.9. The van der Waals surface area contributed by atoms with E-state index in [0.29, 0.717) is 22.6 Å². The third-order valence-corrected chi connectivity index (χ3v) is 4.76. The Labute approximate surface area is 155 Å². The molecular formula is C20H19NO6. The van der Waals surface area contributed by atoms with Gasteiger partial charge in [-0.2, -0.15) is 0 Å². The summed E-state index contributed by atoms with van der Waals surface area (Å²) >= 11 is 0. The zero-order valence-corrected chi connectivity index (χ0v) is 14.9. The van der Waals surface area contributed by atoms with Crippen molar-refractivity contribution in [3.63, 3.8) is 0 Å². The standard InChI is InChI=1S/C20H19NO6/c1-12(22)13-5-3-7-15(9-13)27-16-8-4-6-14(10-16)20(19(24)26-2)11-17(20)18(23)21-25/h3-10,17,25H,11H2,1-2H3,(H,21,23)/t17-,20-/m0/s1. The minimum Gasteiger partial charge on any atom is -0.468 e. The second-order valence-corrected chi connectivity index (χ2v) is 6.41. The molecule has 1 fully saturated rings. The fraction of sp³-hybridized carbons (Fsp3) is 0.250. The van der Waals surface area contributed by atoms with Crippen molar-refractivity contribution >= 4 is 17.7 Å². The molecule has 1 amide bonds. The Bertz CT molecular complexity index is 909. The second-order valence-electron chi connectivity index (χ2n) is 6.41. The Morgan fingerprint density at radius 2 is 1.78 bits per heavy atom. The molecule has 7 heteroatoms. The lowest BCUT2D eigenvalue weighted by molar-refractivity contribution is -0.146. The van der Waals surface area contributed by atoms with Gasteiger partial charge >= 0.3 is 5.97 Å². The molecule has 0 bridgehead atoms. The number of benzene rings is 2. The van der Waals surface area contributed by atoms with Gasteiger partial charge in [0.1, 0.15) is 16.9 Å². The van der Waals surface area contributed by atoms with Crippen LogP contribution in [0.4, 0.5) is 0 Å². The average molecular weight is 369 g/mol. The van der Waals surface area contributed by atoms with Crippen LogP contribution in [0.3, 0.4) is 0 Å². The molecule has 2 aromatic carbocycles. The lowest BCUT2D eigenvalue weighted by atomic mass is 9.92. The summed E-state index contributed by atoms with van der Waals surface area (Å²) in [6, 6.07) is 13.5. The van der Waals surface area contributed by atoms with E-state index < -0.39 is 23.2 Å². The molecular weight excluding hydrogens is 350 g/mol. The van der Waals surface area contributed by atoms with Gasteiger partial charge in [0.25, 0.3) is 0 Å². The summed E-state index contributed by atoms with van der Waals surface area (Å²) in [4.78, 5) is 35.7. The quantitative estimate of drug-likeness (QED) is 0.351. The van der Waals surface area contributed by atoms with Gasteiger partial charge < -0.3 is 9.47 Å². The summed E-state index contributed by atoms with van der Waals surface area (Å²) in [6.45, 7) is 1.47. The first-order valence-electron chi connectivity index (χ1n) is 8.34. The SMILES string of the molecule is COC(=O)[C@]1(c2cccc(Oc3cccc(C(C)=O)c3)c2)C[C@H]1C(=O)NO. The van der Waals surface area contributed by atoms with Gasteiger partial charge in [-0.1, -0.05) is 24.3 Å². The van der Waals surface area contributed by atoms with Gasteiger partial charge in [-0.3, -0.25) is 19.6 Å². The highest BCUT2D eigenvalue weighted by Gasteiger charge is 2.65. The minimum atomic E-state index is -1.15. The molecule has 2 atom stereocenters. The van der Waals surface area contributed by atoms with Crippen LogP contribution >= 0.6 is 0 Å². The van der Waals surface area contributed by atoms with Gasteiger partial charge in [0.05, 0.1) is 13.0 Å². The number of hydrogen-bond acceptors (Lipinski definition) is 6. The number of ether oxygens (including phenoxy) is 2. The van der Waals surface area contributed by atoms with Crippen molar-refractivity contribution in [2.45, 2.75) is 18.8 Å². The molecule has 0 spiro atoms. The molecule has 0 saturated heterocycles. The number of amides is 1. The third kappa shape index (κ3) is 3.41. The molecule has 3 rings (SSSR count). The molecule has 140 valence electrons. The maximum atomic E-state index is 12.4. The molecule has 0 aliphatic heterocycles. The van der Waals surface area contributed by atoms with Crippen LogP contribution in [0.1, 0.15) is 29.3 Å². The van der Waals surface area contributed by atoms with Gasteiger partial charge in [-0.15, -0.1) is 0 Å². The largest absolute Gasteiger partial charge is 0.468 e. The van der Waals surface area contributed by atoms with E-state index in [1.54, 1.807) is 54.0 Å². The van der Waals surface area contributed by atoms with Gasteiger partial charge in [0, 0.05) is 5.56 Å². The first-order valence-corrected chi connectivity index (χ1v) is 8.34. The van der Waals surface area contributed by atoms with E-state index in [1.165, 1.54) is 14.0 Å². The molecule has 0 radical (unpaired) electrons. The van der Waals surface area contributed by atoms with E-state index in [9.17, 15) is 14.4 Å². The highest BCUT2D eigenvalue weighted by molar-refractivity contribution is 5.98. The molecule has 7 nitrogen and oxygen atoms in total. The number of Topliss-reactive ketones (excluding diaryl/α,β-unsaturated/α-hetero) is 1. The smallest absolute Gasteiger partial charge is 0.317 e. The fourth-order valence-electron chi connectivity index (χ4n) is 3.25. The van der Waals surface area contributed by atoms with E-state index in [2.05, 4.69) is 0 Å². The number of rotatable bonds is 6. The summed E-state index contributed by atoms with van der Waals surface area (Å²) in [5, 5.41) is 8.90. The molecule has 1 aliphatic carbocycles. The number of ketones is 1. The Hall–Kier alpha value is -3.19. The molecule has 0 aromatic heterocycles.